The highest BCUT2D eigenvalue weighted by atomic mass is 79.9. The molecular weight excluding hydrogens is 424 g/mol. The average Bonchev–Trinajstić information content (AvgIpc) is 2.73. The molecule has 2 aromatic carbocycles. The zero-order valence-corrected chi connectivity index (χ0v) is 16.7. The molecule has 0 aliphatic carbocycles. The van der Waals surface area contributed by atoms with Gasteiger partial charge in [-0.25, -0.2) is 4.79 Å². The first-order valence-electron chi connectivity index (χ1n) is 8.62. The molecule has 0 N–H and O–H groups in total. The predicted octanol–water partition coefficient (Wildman–Crippen LogP) is 5.40. The average molecular weight is 441 g/mol. The van der Waals surface area contributed by atoms with E-state index >= 15 is 0 Å². The molecule has 142 valence electrons. The van der Waals surface area contributed by atoms with Gasteiger partial charge in [-0.3, -0.25) is 15.1 Å². The van der Waals surface area contributed by atoms with Crippen molar-refractivity contribution in [1.82, 2.24) is 4.98 Å². The molecule has 1 heterocycles. The molecule has 1 aromatic heterocycles. The first-order valence-corrected chi connectivity index (χ1v) is 9.74. The van der Waals surface area contributed by atoms with E-state index in [0.717, 1.165) is 5.56 Å². The van der Waals surface area contributed by atoms with Gasteiger partial charge in [0.2, 0.25) is 0 Å². The van der Waals surface area contributed by atoms with Crippen molar-refractivity contribution >= 4 is 27.6 Å². The van der Waals surface area contributed by atoms with Crippen molar-refractivity contribution in [2.75, 3.05) is 6.61 Å². The number of pyridine rings is 1. The standard InChI is InChI=1S/C21H17BrN2O4/c1-2-28-21(25)20-17(15-9-6-10-16(11-15)24(26)27)12-18(23-19(20)13-22)14-7-4-3-5-8-14/h3-12H,2,13H2,1H3. The number of hydrogen-bond acceptors (Lipinski definition) is 5. The van der Waals surface area contributed by atoms with Gasteiger partial charge in [-0.1, -0.05) is 58.4 Å². The molecule has 0 unspecified atom stereocenters. The Balaban J connectivity index is 2.29. The van der Waals surface area contributed by atoms with Gasteiger partial charge >= 0.3 is 5.97 Å². The van der Waals surface area contributed by atoms with Crippen molar-refractivity contribution < 1.29 is 14.5 Å². The lowest BCUT2D eigenvalue weighted by Gasteiger charge is -2.15. The fourth-order valence-corrected chi connectivity index (χ4v) is 3.30. The molecule has 0 radical (unpaired) electrons. The molecule has 3 aromatic rings. The van der Waals surface area contributed by atoms with Gasteiger partial charge in [0.05, 0.1) is 28.5 Å². The molecule has 3 rings (SSSR count). The number of nitro benzene ring substituents is 1. The Hall–Kier alpha value is -3.06. The van der Waals surface area contributed by atoms with E-state index < -0.39 is 10.9 Å². The third-order valence-electron chi connectivity index (χ3n) is 4.14. The largest absolute Gasteiger partial charge is 0.462 e. The number of halogens is 1. The second kappa shape index (κ2) is 8.75. The molecule has 7 heteroatoms. The molecule has 0 aliphatic rings. The van der Waals surface area contributed by atoms with E-state index in [0.29, 0.717) is 33.4 Å². The van der Waals surface area contributed by atoms with Crippen LogP contribution in [0.2, 0.25) is 0 Å². The lowest BCUT2D eigenvalue weighted by molar-refractivity contribution is -0.384. The Kier molecular flexibility index (Phi) is 6.16. The van der Waals surface area contributed by atoms with Crippen molar-refractivity contribution in [3.8, 4) is 22.4 Å². The fraction of sp³-hybridized carbons (Fsp3) is 0.143. The van der Waals surface area contributed by atoms with Crippen LogP contribution in [0.25, 0.3) is 22.4 Å². The number of nitro groups is 1. The number of carbonyl (C=O) groups is 1. The van der Waals surface area contributed by atoms with Crippen molar-refractivity contribution in [3.05, 3.63) is 82.0 Å². The van der Waals surface area contributed by atoms with Gasteiger partial charge in [-0.2, -0.15) is 0 Å². The summed E-state index contributed by atoms with van der Waals surface area (Å²) in [6, 6.07) is 17.5. The minimum atomic E-state index is -0.509. The molecule has 0 atom stereocenters. The third kappa shape index (κ3) is 4.09. The van der Waals surface area contributed by atoms with Gasteiger partial charge in [0.25, 0.3) is 5.69 Å². The van der Waals surface area contributed by atoms with Crippen molar-refractivity contribution in [2.45, 2.75) is 12.3 Å². The Labute approximate surface area is 170 Å². The topological polar surface area (TPSA) is 82.3 Å². The number of aromatic nitrogens is 1. The molecule has 0 saturated heterocycles. The maximum Gasteiger partial charge on any atom is 0.340 e. The van der Waals surface area contributed by atoms with E-state index in [1.807, 2.05) is 30.3 Å². The van der Waals surface area contributed by atoms with Gasteiger partial charge in [0.15, 0.2) is 0 Å². The summed E-state index contributed by atoms with van der Waals surface area (Å²) >= 11 is 3.40. The van der Waals surface area contributed by atoms with E-state index in [-0.39, 0.29) is 12.3 Å². The molecule has 0 bridgehead atoms. The van der Waals surface area contributed by atoms with Crippen LogP contribution in [0.3, 0.4) is 0 Å². The molecule has 0 fully saturated rings. The summed E-state index contributed by atoms with van der Waals surface area (Å²) < 4.78 is 5.22. The van der Waals surface area contributed by atoms with Crippen molar-refractivity contribution in [1.29, 1.82) is 0 Å². The van der Waals surface area contributed by atoms with Crippen LogP contribution in [-0.2, 0) is 10.1 Å². The predicted molar refractivity (Wildman–Crippen MR) is 110 cm³/mol. The van der Waals surface area contributed by atoms with Crippen LogP contribution >= 0.6 is 15.9 Å². The number of benzene rings is 2. The quantitative estimate of drug-likeness (QED) is 0.222. The van der Waals surface area contributed by atoms with Crippen LogP contribution in [-0.4, -0.2) is 22.5 Å². The maximum absolute atomic E-state index is 12.7. The minimum absolute atomic E-state index is 0.0502. The van der Waals surface area contributed by atoms with Crippen LogP contribution in [0.15, 0.2) is 60.7 Å². The van der Waals surface area contributed by atoms with Crippen LogP contribution in [0, 0.1) is 10.1 Å². The van der Waals surface area contributed by atoms with Gasteiger partial charge in [-0.15, -0.1) is 0 Å². The summed E-state index contributed by atoms with van der Waals surface area (Å²) in [7, 11) is 0. The first kappa shape index (κ1) is 19.7. The zero-order chi connectivity index (χ0) is 20.1. The lowest BCUT2D eigenvalue weighted by atomic mass is 9.96. The first-order chi connectivity index (χ1) is 13.5. The fourth-order valence-electron chi connectivity index (χ4n) is 2.90. The van der Waals surface area contributed by atoms with Crippen molar-refractivity contribution in [3.63, 3.8) is 0 Å². The van der Waals surface area contributed by atoms with Crippen molar-refractivity contribution in [2.24, 2.45) is 0 Å². The zero-order valence-electron chi connectivity index (χ0n) is 15.1. The minimum Gasteiger partial charge on any atom is -0.462 e. The van der Waals surface area contributed by atoms with Crippen LogP contribution < -0.4 is 0 Å². The summed E-state index contributed by atoms with van der Waals surface area (Å²) in [6.07, 6.45) is 0. The summed E-state index contributed by atoms with van der Waals surface area (Å²) in [6.45, 7) is 1.94. The van der Waals surface area contributed by atoms with Crippen LogP contribution in [0.1, 0.15) is 23.0 Å². The number of nitrogens with zero attached hydrogens (tertiary/aromatic N) is 2. The number of alkyl halides is 1. The highest BCUT2D eigenvalue weighted by Crippen LogP contribution is 2.33. The van der Waals surface area contributed by atoms with Gasteiger partial charge in [-0.05, 0) is 18.6 Å². The number of ether oxygens (including phenoxy) is 1. The number of rotatable bonds is 6. The van der Waals surface area contributed by atoms with E-state index in [1.54, 1.807) is 25.1 Å². The number of non-ortho nitro benzene ring substituents is 1. The van der Waals surface area contributed by atoms with E-state index in [1.165, 1.54) is 12.1 Å². The second-order valence-electron chi connectivity index (χ2n) is 5.90. The molecule has 0 saturated carbocycles. The molecule has 28 heavy (non-hydrogen) atoms. The molecule has 0 aliphatic heterocycles. The highest BCUT2D eigenvalue weighted by Gasteiger charge is 2.22. The Morgan fingerprint density at radius 3 is 2.46 bits per heavy atom. The molecular formula is C21H17BrN2O4. The lowest BCUT2D eigenvalue weighted by Crippen LogP contribution is -2.12. The monoisotopic (exact) mass is 440 g/mol. The highest BCUT2D eigenvalue weighted by molar-refractivity contribution is 9.08. The molecule has 0 spiro atoms. The smallest absolute Gasteiger partial charge is 0.340 e. The van der Waals surface area contributed by atoms with Gasteiger partial charge in [0.1, 0.15) is 0 Å². The summed E-state index contributed by atoms with van der Waals surface area (Å²) in [5.74, 6) is -0.509. The second-order valence-corrected chi connectivity index (χ2v) is 6.47. The molecule has 6 nitrogen and oxygen atoms in total. The Morgan fingerprint density at radius 2 is 1.82 bits per heavy atom. The van der Waals surface area contributed by atoms with Gasteiger partial charge in [0, 0.05) is 28.6 Å². The SMILES string of the molecule is CCOC(=O)c1c(-c2cccc([N+](=O)[O-])c2)cc(-c2ccccc2)nc1CBr. The summed E-state index contributed by atoms with van der Waals surface area (Å²) in [4.78, 5) is 28.0. The van der Waals surface area contributed by atoms with E-state index in [9.17, 15) is 14.9 Å². The number of carbonyl (C=O) groups excluding carboxylic acids is 1. The van der Waals surface area contributed by atoms with Crippen LogP contribution in [0.4, 0.5) is 5.69 Å². The molecule has 0 amide bonds. The Bertz CT molecular complexity index is 1020. The number of esters is 1. The van der Waals surface area contributed by atoms with E-state index in [4.69, 9.17) is 4.74 Å². The van der Waals surface area contributed by atoms with E-state index in [2.05, 4.69) is 20.9 Å². The number of hydrogen-bond donors (Lipinski definition) is 0. The normalized spacial score (nSPS) is 10.5. The summed E-state index contributed by atoms with van der Waals surface area (Å²) in [5.41, 5.74) is 3.42. The third-order valence-corrected chi connectivity index (χ3v) is 4.67. The van der Waals surface area contributed by atoms with Crippen LogP contribution in [0.5, 0.6) is 0 Å². The Morgan fingerprint density at radius 1 is 1.11 bits per heavy atom. The summed E-state index contributed by atoms with van der Waals surface area (Å²) in [5, 5.41) is 11.5. The van der Waals surface area contributed by atoms with Gasteiger partial charge < -0.3 is 4.74 Å². The maximum atomic E-state index is 12.7.